The van der Waals surface area contributed by atoms with Gasteiger partial charge in [-0.2, -0.15) is 5.10 Å². The highest BCUT2D eigenvalue weighted by atomic mass is 16.4. The van der Waals surface area contributed by atoms with Gasteiger partial charge in [-0.25, -0.2) is 9.78 Å². The molecule has 2 N–H and O–H groups in total. The van der Waals surface area contributed by atoms with Crippen molar-refractivity contribution in [2.45, 2.75) is 45.2 Å². The zero-order valence-electron chi connectivity index (χ0n) is 12.8. The van der Waals surface area contributed by atoms with Crippen LogP contribution in [0.25, 0.3) is 0 Å². The Morgan fingerprint density at radius 2 is 2.27 bits per heavy atom. The SMILES string of the molecule is CC(C)n1ncc2c1CC(Nc1cccc(C(=O)O)n1)CC2. The van der Waals surface area contributed by atoms with Crippen molar-refractivity contribution < 1.29 is 9.90 Å². The van der Waals surface area contributed by atoms with Crippen molar-refractivity contribution in [3.63, 3.8) is 0 Å². The largest absolute Gasteiger partial charge is 0.477 e. The number of pyridine rings is 1. The maximum atomic E-state index is 11.0. The Hall–Kier alpha value is -2.37. The minimum absolute atomic E-state index is 0.0636. The van der Waals surface area contributed by atoms with Gasteiger partial charge in [-0.05, 0) is 44.4 Å². The quantitative estimate of drug-likeness (QED) is 0.907. The van der Waals surface area contributed by atoms with Gasteiger partial charge in [0.15, 0.2) is 5.69 Å². The number of anilines is 1. The van der Waals surface area contributed by atoms with E-state index < -0.39 is 5.97 Å². The molecule has 1 atom stereocenters. The lowest BCUT2D eigenvalue weighted by Gasteiger charge is -2.25. The number of hydrogen-bond donors (Lipinski definition) is 2. The first-order valence-corrected chi connectivity index (χ1v) is 7.56. The van der Waals surface area contributed by atoms with Gasteiger partial charge in [-0.15, -0.1) is 0 Å². The lowest BCUT2D eigenvalue weighted by molar-refractivity contribution is 0.0690. The summed E-state index contributed by atoms with van der Waals surface area (Å²) >= 11 is 0. The number of hydrogen-bond acceptors (Lipinski definition) is 4. The Balaban J connectivity index is 1.76. The maximum absolute atomic E-state index is 11.0. The predicted octanol–water partition coefficient (Wildman–Crippen LogP) is 2.53. The van der Waals surface area contributed by atoms with Crippen LogP contribution in [-0.2, 0) is 12.8 Å². The summed E-state index contributed by atoms with van der Waals surface area (Å²) in [4.78, 5) is 15.1. The Labute approximate surface area is 129 Å². The molecule has 6 heteroatoms. The van der Waals surface area contributed by atoms with Crippen molar-refractivity contribution in [2.75, 3.05) is 5.32 Å². The first kappa shape index (κ1) is 14.6. The monoisotopic (exact) mass is 300 g/mol. The fraction of sp³-hybridized carbons (Fsp3) is 0.438. The average molecular weight is 300 g/mol. The molecule has 2 aromatic heterocycles. The molecule has 2 heterocycles. The summed E-state index contributed by atoms with van der Waals surface area (Å²) in [5.74, 6) is -0.392. The van der Waals surface area contributed by atoms with Crippen LogP contribution in [0.3, 0.4) is 0 Å². The smallest absolute Gasteiger partial charge is 0.354 e. The minimum Gasteiger partial charge on any atom is -0.477 e. The second-order valence-electron chi connectivity index (χ2n) is 5.95. The van der Waals surface area contributed by atoms with Crippen molar-refractivity contribution in [1.82, 2.24) is 14.8 Å². The summed E-state index contributed by atoms with van der Waals surface area (Å²) in [5.41, 5.74) is 2.65. The molecular weight excluding hydrogens is 280 g/mol. The third-order valence-electron chi connectivity index (χ3n) is 4.00. The van der Waals surface area contributed by atoms with Crippen LogP contribution in [0, 0.1) is 0 Å². The third kappa shape index (κ3) is 2.81. The van der Waals surface area contributed by atoms with E-state index in [9.17, 15) is 4.79 Å². The van der Waals surface area contributed by atoms with E-state index in [0.717, 1.165) is 19.3 Å². The van der Waals surface area contributed by atoms with Crippen molar-refractivity contribution in [3.05, 3.63) is 41.3 Å². The molecule has 1 aliphatic carbocycles. The number of nitrogens with zero attached hydrogens (tertiary/aromatic N) is 3. The summed E-state index contributed by atoms with van der Waals surface area (Å²) in [5, 5.41) is 16.8. The van der Waals surface area contributed by atoms with Crippen LogP contribution in [0.1, 0.15) is 48.1 Å². The Morgan fingerprint density at radius 3 is 3.00 bits per heavy atom. The number of rotatable bonds is 4. The third-order valence-corrected chi connectivity index (χ3v) is 4.00. The summed E-state index contributed by atoms with van der Waals surface area (Å²) in [7, 11) is 0. The lowest BCUT2D eigenvalue weighted by atomic mass is 9.93. The zero-order chi connectivity index (χ0) is 15.7. The number of carboxylic acid groups (broad SMARTS) is 1. The molecule has 0 aliphatic heterocycles. The van der Waals surface area contributed by atoms with E-state index in [1.807, 2.05) is 12.3 Å². The van der Waals surface area contributed by atoms with Gasteiger partial charge >= 0.3 is 5.97 Å². The lowest BCUT2D eigenvalue weighted by Crippen LogP contribution is -2.29. The molecule has 0 saturated carbocycles. The molecule has 0 spiro atoms. The molecule has 0 fully saturated rings. The van der Waals surface area contributed by atoms with E-state index in [1.54, 1.807) is 6.07 Å². The van der Waals surface area contributed by atoms with Gasteiger partial charge in [0.2, 0.25) is 0 Å². The summed E-state index contributed by atoms with van der Waals surface area (Å²) in [6, 6.07) is 5.61. The average Bonchev–Trinajstić information content (AvgIpc) is 2.91. The van der Waals surface area contributed by atoms with Crippen LogP contribution in [0.15, 0.2) is 24.4 Å². The van der Waals surface area contributed by atoms with Gasteiger partial charge in [0.05, 0.1) is 6.20 Å². The summed E-state index contributed by atoms with van der Waals surface area (Å²) in [6.07, 6.45) is 4.83. The van der Waals surface area contributed by atoms with Crippen molar-refractivity contribution in [1.29, 1.82) is 0 Å². The molecule has 0 bridgehead atoms. The molecule has 1 aliphatic rings. The normalized spacial score (nSPS) is 17.3. The van der Waals surface area contributed by atoms with Gasteiger partial charge in [-0.1, -0.05) is 6.07 Å². The van der Waals surface area contributed by atoms with Crippen LogP contribution in [0.4, 0.5) is 5.82 Å². The van der Waals surface area contributed by atoms with Crippen LogP contribution < -0.4 is 5.32 Å². The molecule has 3 rings (SSSR count). The van der Waals surface area contributed by atoms with Crippen molar-refractivity contribution in [2.24, 2.45) is 0 Å². The number of nitrogens with one attached hydrogen (secondary N) is 1. The number of aryl methyl sites for hydroxylation is 1. The summed E-state index contributed by atoms with van der Waals surface area (Å²) < 4.78 is 2.07. The van der Waals surface area contributed by atoms with E-state index >= 15 is 0 Å². The second-order valence-corrected chi connectivity index (χ2v) is 5.95. The molecule has 116 valence electrons. The predicted molar refractivity (Wildman–Crippen MR) is 83.2 cm³/mol. The van der Waals surface area contributed by atoms with Crippen molar-refractivity contribution >= 4 is 11.8 Å². The molecule has 2 aromatic rings. The molecule has 0 aromatic carbocycles. The Morgan fingerprint density at radius 1 is 1.45 bits per heavy atom. The van der Waals surface area contributed by atoms with Gasteiger partial charge in [-0.3, -0.25) is 4.68 Å². The van der Waals surface area contributed by atoms with E-state index in [1.165, 1.54) is 17.3 Å². The highest BCUT2D eigenvalue weighted by Gasteiger charge is 2.23. The molecule has 0 amide bonds. The highest BCUT2D eigenvalue weighted by Crippen LogP contribution is 2.25. The molecule has 0 radical (unpaired) electrons. The van der Waals surface area contributed by atoms with E-state index in [4.69, 9.17) is 5.11 Å². The molecule has 6 nitrogen and oxygen atoms in total. The van der Waals surface area contributed by atoms with E-state index in [2.05, 4.69) is 33.9 Å². The fourth-order valence-corrected chi connectivity index (χ4v) is 2.93. The second kappa shape index (κ2) is 5.79. The number of carbonyl (C=O) groups is 1. The molecule has 1 unspecified atom stereocenters. The number of carboxylic acids is 1. The van der Waals surface area contributed by atoms with Crippen LogP contribution in [0.5, 0.6) is 0 Å². The fourth-order valence-electron chi connectivity index (χ4n) is 2.93. The van der Waals surface area contributed by atoms with Gasteiger partial charge in [0.1, 0.15) is 5.82 Å². The van der Waals surface area contributed by atoms with Crippen molar-refractivity contribution in [3.8, 4) is 0 Å². The van der Waals surface area contributed by atoms with Gasteiger partial charge < -0.3 is 10.4 Å². The Kier molecular flexibility index (Phi) is 3.83. The van der Waals surface area contributed by atoms with E-state index in [-0.39, 0.29) is 11.7 Å². The summed E-state index contributed by atoms with van der Waals surface area (Å²) in [6.45, 7) is 4.25. The Bertz CT molecular complexity index is 693. The number of fused-ring (bicyclic) bond motifs is 1. The van der Waals surface area contributed by atoms with Gasteiger partial charge in [0, 0.05) is 24.2 Å². The topological polar surface area (TPSA) is 80.0 Å². The van der Waals surface area contributed by atoms with Crippen LogP contribution in [0.2, 0.25) is 0 Å². The molecular formula is C16H20N4O2. The highest BCUT2D eigenvalue weighted by molar-refractivity contribution is 5.85. The first-order chi connectivity index (χ1) is 10.5. The minimum atomic E-state index is -1.01. The number of aromatic nitrogens is 3. The van der Waals surface area contributed by atoms with Crippen LogP contribution >= 0.6 is 0 Å². The zero-order valence-corrected chi connectivity index (χ0v) is 12.8. The molecule has 22 heavy (non-hydrogen) atoms. The van der Waals surface area contributed by atoms with E-state index in [0.29, 0.717) is 11.9 Å². The van der Waals surface area contributed by atoms with Gasteiger partial charge in [0.25, 0.3) is 0 Å². The maximum Gasteiger partial charge on any atom is 0.354 e. The molecule has 0 saturated heterocycles. The number of aromatic carboxylic acids is 1. The van der Waals surface area contributed by atoms with Crippen LogP contribution in [-0.4, -0.2) is 31.9 Å². The standard InChI is InChI=1S/C16H20N4O2/c1-10(2)20-14-8-12(7-6-11(14)9-17-20)18-15-5-3-4-13(19-15)16(21)22/h3-5,9-10,12H,6-8H2,1-2H3,(H,18,19)(H,21,22). The first-order valence-electron chi connectivity index (χ1n) is 7.56.